The number of hydrogen-bond acceptors (Lipinski definition) is 12. The van der Waals surface area contributed by atoms with Crippen molar-refractivity contribution in [2.45, 2.75) is 61.3 Å². The molecule has 39 heavy (non-hydrogen) atoms. The van der Waals surface area contributed by atoms with Gasteiger partial charge in [-0.25, -0.2) is 14.8 Å². The van der Waals surface area contributed by atoms with Gasteiger partial charge in [0.25, 0.3) is 0 Å². The smallest absolute Gasteiger partial charge is 0.326 e. The summed E-state index contributed by atoms with van der Waals surface area (Å²) in [7, 11) is 0. The largest absolute Gasteiger partial charge is 0.480 e. The highest BCUT2D eigenvalue weighted by Gasteiger charge is 2.64. The molecule has 214 valence electrons. The van der Waals surface area contributed by atoms with Crippen LogP contribution in [0.3, 0.4) is 0 Å². The van der Waals surface area contributed by atoms with Gasteiger partial charge in [-0.3, -0.25) is 15.4 Å². The van der Waals surface area contributed by atoms with E-state index in [1.54, 1.807) is 16.8 Å². The fourth-order valence-corrected chi connectivity index (χ4v) is 5.43. The Labute approximate surface area is 221 Å². The van der Waals surface area contributed by atoms with Gasteiger partial charge < -0.3 is 52.2 Å². The molecule has 13 N–H and O–H groups in total. The number of aliphatic hydroxyl groups is 3. The molecule has 2 aromatic rings. The van der Waals surface area contributed by atoms with Crippen LogP contribution in [-0.2, 0) is 14.3 Å². The van der Waals surface area contributed by atoms with E-state index in [4.69, 9.17) is 27.3 Å². The highest BCUT2D eigenvalue weighted by molar-refractivity contribution is 5.87. The van der Waals surface area contributed by atoms with E-state index in [2.05, 4.69) is 15.3 Å². The van der Waals surface area contributed by atoms with Crippen molar-refractivity contribution in [3.8, 4) is 0 Å². The van der Waals surface area contributed by atoms with Crippen molar-refractivity contribution in [3.05, 3.63) is 18.5 Å². The first-order chi connectivity index (χ1) is 18.4. The first-order valence-corrected chi connectivity index (χ1v) is 12.2. The lowest BCUT2D eigenvalue weighted by Crippen LogP contribution is -2.68. The van der Waals surface area contributed by atoms with Crippen LogP contribution in [0.2, 0.25) is 0 Å². The average molecular weight is 552 g/mol. The van der Waals surface area contributed by atoms with Crippen LogP contribution in [-0.4, -0.2) is 112 Å². The molecule has 17 heteroatoms. The zero-order valence-corrected chi connectivity index (χ0v) is 20.8. The summed E-state index contributed by atoms with van der Waals surface area (Å²) in [4.78, 5) is 33.3. The van der Waals surface area contributed by atoms with Gasteiger partial charge in [0.1, 0.15) is 29.5 Å². The van der Waals surface area contributed by atoms with E-state index in [9.17, 15) is 35.2 Å². The molecule has 17 nitrogen and oxygen atoms in total. The fraction of sp³-hybridized carbons (Fsp3) is 0.591. The minimum atomic E-state index is -2.26. The van der Waals surface area contributed by atoms with E-state index >= 15 is 0 Å². The number of guanidine groups is 1. The molecule has 0 bridgehead atoms. The van der Waals surface area contributed by atoms with Crippen molar-refractivity contribution in [1.82, 2.24) is 24.9 Å². The summed E-state index contributed by atoms with van der Waals surface area (Å²) in [6.45, 7) is -0.387. The van der Waals surface area contributed by atoms with Gasteiger partial charge in [0.15, 0.2) is 0 Å². The highest BCUT2D eigenvalue weighted by Crippen LogP contribution is 2.48. The predicted octanol–water partition coefficient (Wildman–Crippen LogP) is -3.31. The maximum absolute atomic E-state index is 12.8. The fourth-order valence-electron chi connectivity index (χ4n) is 5.43. The number of carbonyl (C=O) groups is 2. The molecule has 2 aromatic heterocycles. The monoisotopic (exact) mass is 551 g/mol. The van der Waals surface area contributed by atoms with Crippen LogP contribution in [0.1, 0.15) is 25.3 Å². The number of fused-ring (bicyclic) bond motifs is 2. The summed E-state index contributed by atoms with van der Waals surface area (Å²) in [5.41, 5.74) is 14.9. The summed E-state index contributed by atoms with van der Waals surface area (Å²) in [6.07, 6.45) is -1.27. The Morgan fingerprint density at radius 2 is 2.10 bits per heavy atom. The van der Waals surface area contributed by atoms with E-state index in [0.717, 1.165) is 0 Å². The Balaban J connectivity index is 1.60. The number of hydroxylamine groups is 2. The Hall–Kier alpha value is -3.61. The number of aliphatic carboxylic acids is 1. The summed E-state index contributed by atoms with van der Waals surface area (Å²) in [5, 5.41) is 63.4. The molecule has 1 aliphatic carbocycles. The number of carboxylic acids is 1. The Kier molecular flexibility index (Phi) is 7.92. The molecule has 0 radical (unpaired) electrons. The van der Waals surface area contributed by atoms with Crippen LogP contribution >= 0.6 is 0 Å². The zero-order valence-electron chi connectivity index (χ0n) is 20.8. The van der Waals surface area contributed by atoms with Crippen LogP contribution < -0.4 is 22.5 Å². The van der Waals surface area contributed by atoms with Crippen LogP contribution in [0, 0.1) is 11.3 Å². The number of rotatable bonds is 9. The maximum Gasteiger partial charge on any atom is 0.326 e. The van der Waals surface area contributed by atoms with Crippen molar-refractivity contribution < 1.29 is 40.0 Å². The number of aliphatic hydroxyl groups excluding tert-OH is 2. The standard InChI is InChI=1S/C22H33N9O8/c23-11(2-1-4-31(38)20(24)25)18(34)28-14(19(35)36)10-6-12(16-22(37,15(10)33)13(32)8-39-16)30-5-3-9-7-27-21(26)29-17(9)30/h3,5,7,10-16,32-33,37-38H,1-2,4,6,8,23H2,(H3,24,25)(H,28,34)(H,35,36)(H2,26,27,29)/t10?,11?,12-,13+,14?,15-,16?,22?/m1/s1. The quantitative estimate of drug-likeness (QED) is 0.0829. The second kappa shape index (κ2) is 10.9. The van der Waals surface area contributed by atoms with Crippen LogP contribution in [0.25, 0.3) is 11.0 Å². The van der Waals surface area contributed by atoms with Gasteiger partial charge >= 0.3 is 5.97 Å². The van der Waals surface area contributed by atoms with Crippen molar-refractivity contribution in [3.63, 3.8) is 0 Å². The van der Waals surface area contributed by atoms with Crippen LogP contribution in [0.5, 0.6) is 0 Å². The van der Waals surface area contributed by atoms with Gasteiger partial charge in [0.05, 0.1) is 24.8 Å². The van der Waals surface area contributed by atoms with E-state index in [1.165, 1.54) is 6.20 Å². The predicted molar refractivity (Wildman–Crippen MR) is 133 cm³/mol. The third kappa shape index (κ3) is 5.19. The minimum absolute atomic E-state index is 0.0187. The molecule has 1 aliphatic heterocycles. The highest BCUT2D eigenvalue weighted by atomic mass is 16.5. The van der Waals surface area contributed by atoms with E-state index in [0.29, 0.717) is 16.1 Å². The first-order valence-electron chi connectivity index (χ1n) is 12.2. The van der Waals surface area contributed by atoms with Crippen molar-refractivity contribution in [2.75, 3.05) is 18.9 Å². The number of nitrogens with one attached hydrogen (secondary N) is 2. The van der Waals surface area contributed by atoms with Gasteiger partial charge in [-0.2, -0.15) is 4.98 Å². The number of carbonyl (C=O) groups excluding carboxylic acids is 1. The molecular weight excluding hydrogens is 518 g/mol. The van der Waals surface area contributed by atoms with Gasteiger partial charge in [-0.05, 0) is 25.3 Å². The number of amides is 1. The molecule has 1 saturated carbocycles. The topological polar surface area (TPSA) is 292 Å². The third-order valence-corrected chi connectivity index (χ3v) is 7.49. The number of anilines is 1. The van der Waals surface area contributed by atoms with Crippen LogP contribution in [0.15, 0.2) is 18.5 Å². The van der Waals surface area contributed by atoms with Crippen molar-refractivity contribution in [1.29, 1.82) is 5.41 Å². The normalized spacial score (nSPS) is 29.9. The molecule has 4 rings (SSSR count). The van der Waals surface area contributed by atoms with Crippen molar-refractivity contribution >= 4 is 34.8 Å². The van der Waals surface area contributed by atoms with Gasteiger partial charge in [-0.1, -0.05) is 0 Å². The molecule has 3 heterocycles. The first kappa shape index (κ1) is 28.4. The molecule has 8 atom stereocenters. The Morgan fingerprint density at radius 3 is 2.77 bits per heavy atom. The van der Waals surface area contributed by atoms with Crippen LogP contribution in [0.4, 0.5) is 5.95 Å². The lowest BCUT2D eigenvalue weighted by Gasteiger charge is -2.49. The second-order valence-corrected chi connectivity index (χ2v) is 9.88. The number of aromatic nitrogens is 3. The minimum Gasteiger partial charge on any atom is -0.480 e. The maximum atomic E-state index is 12.8. The van der Waals surface area contributed by atoms with Gasteiger partial charge in [0, 0.05) is 30.2 Å². The van der Waals surface area contributed by atoms with E-state index in [1.807, 2.05) is 0 Å². The lowest BCUT2D eigenvalue weighted by molar-refractivity contribution is -0.206. The number of ether oxygens (including phenoxy) is 1. The molecule has 0 spiro atoms. The molecule has 0 aromatic carbocycles. The number of nitrogens with two attached hydrogens (primary N) is 3. The molecule has 2 aliphatic rings. The lowest BCUT2D eigenvalue weighted by atomic mass is 9.67. The number of carboxylic acid groups (broad SMARTS) is 1. The molecule has 1 saturated heterocycles. The summed E-state index contributed by atoms with van der Waals surface area (Å²) in [6, 6.07) is -2.02. The second-order valence-electron chi connectivity index (χ2n) is 9.88. The van der Waals surface area contributed by atoms with E-state index in [-0.39, 0.29) is 38.4 Å². The molecular formula is C22H33N9O8. The Bertz CT molecular complexity index is 1240. The summed E-state index contributed by atoms with van der Waals surface area (Å²) >= 11 is 0. The number of hydrogen-bond donors (Lipinski definition) is 10. The Morgan fingerprint density at radius 1 is 1.38 bits per heavy atom. The summed E-state index contributed by atoms with van der Waals surface area (Å²) in [5.74, 6) is -4.23. The summed E-state index contributed by atoms with van der Waals surface area (Å²) < 4.78 is 7.30. The number of nitrogens with zero attached hydrogens (tertiary/aromatic N) is 4. The molecule has 5 unspecified atom stereocenters. The average Bonchev–Trinajstić information content (AvgIpc) is 3.43. The molecule has 2 fully saturated rings. The van der Waals surface area contributed by atoms with Crippen molar-refractivity contribution in [2.24, 2.45) is 17.4 Å². The number of nitrogen functional groups attached to an aromatic ring is 1. The zero-order chi connectivity index (χ0) is 28.6. The van der Waals surface area contributed by atoms with Gasteiger partial charge in [0.2, 0.25) is 17.8 Å². The van der Waals surface area contributed by atoms with Gasteiger partial charge in [-0.15, -0.1) is 0 Å². The molecule has 1 amide bonds. The third-order valence-electron chi connectivity index (χ3n) is 7.49. The SMILES string of the molecule is N=C(N)N(O)CCCC(N)C(=O)NC(C(=O)O)C1C[C@@H](n2ccc3cnc(N)nc32)C2OC[C@H](O)C2(O)[C@@H]1O. The van der Waals surface area contributed by atoms with E-state index < -0.39 is 65.8 Å².